The van der Waals surface area contributed by atoms with Crippen LogP contribution in [0.2, 0.25) is 0 Å². The number of ether oxygens (including phenoxy) is 3. The van der Waals surface area contributed by atoms with Crippen LogP contribution in [-0.4, -0.2) is 55.3 Å². The highest BCUT2D eigenvalue weighted by molar-refractivity contribution is 9.10. The van der Waals surface area contributed by atoms with Crippen molar-refractivity contribution in [2.24, 2.45) is 0 Å². The second-order valence-corrected chi connectivity index (χ2v) is 8.45. The van der Waals surface area contributed by atoms with Gasteiger partial charge < -0.3 is 14.2 Å². The van der Waals surface area contributed by atoms with Gasteiger partial charge in [-0.25, -0.2) is 9.48 Å². The lowest BCUT2D eigenvalue weighted by atomic mass is 10.2. The van der Waals surface area contributed by atoms with Crippen LogP contribution in [0, 0.1) is 0 Å². The molecular weight excluding hydrogens is 514 g/mol. The number of nitrogens with one attached hydrogen (secondary N) is 1. The predicted molar refractivity (Wildman–Crippen MR) is 120 cm³/mol. The normalized spacial score (nSPS) is 19.7. The second kappa shape index (κ2) is 9.73. The third kappa shape index (κ3) is 4.99. The highest BCUT2D eigenvalue weighted by Gasteiger charge is 2.40. The molecular formula is C21H20BrN5O7. The number of nitrogens with zero attached hydrogens (tertiary/aromatic N) is 4. The number of halogens is 1. The summed E-state index contributed by atoms with van der Waals surface area (Å²) in [4.78, 5) is 50.3. The zero-order chi connectivity index (χ0) is 24.4. The average molecular weight is 534 g/mol. The molecule has 1 aromatic carbocycles. The Bertz CT molecular complexity index is 1330. The lowest BCUT2D eigenvalue weighted by Crippen LogP contribution is -2.33. The Hall–Kier alpha value is -3.58. The van der Waals surface area contributed by atoms with Crippen LogP contribution in [0.15, 0.2) is 50.7 Å². The Morgan fingerprint density at radius 2 is 1.94 bits per heavy atom. The van der Waals surface area contributed by atoms with E-state index in [4.69, 9.17) is 14.2 Å². The second-order valence-electron chi connectivity index (χ2n) is 7.53. The molecule has 3 aromatic rings. The number of H-pyrrole nitrogens is 1. The molecule has 1 aliphatic rings. The molecule has 0 radical (unpaired) electrons. The van der Waals surface area contributed by atoms with Crippen LogP contribution in [-0.2, 0) is 23.8 Å². The van der Waals surface area contributed by atoms with Gasteiger partial charge in [-0.05, 0) is 24.3 Å². The first-order chi connectivity index (χ1) is 16.2. The maximum Gasteiger partial charge on any atom is 0.330 e. The fourth-order valence-corrected chi connectivity index (χ4v) is 3.90. The van der Waals surface area contributed by atoms with E-state index >= 15 is 0 Å². The Kier molecular flexibility index (Phi) is 6.75. The largest absolute Gasteiger partial charge is 0.463 e. The molecule has 0 amide bonds. The van der Waals surface area contributed by atoms with E-state index in [1.54, 1.807) is 12.1 Å². The molecule has 0 bridgehead atoms. The molecule has 3 heterocycles. The Morgan fingerprint density at radius 3 is 2.62 bits per heavy atom. The summed E-state index contributed by atoms with van der Waals surface area (Å²) in [5.41, 5.74) is -0.211. The van der Waals surface area contributed by atoms with Gasteiger partial charge >= 0.3 is 17.6 Å². The topological polar surface area (TPSA) is 147 Å². The number of aromatic nitrogens is 5. The fourth-order valence-electron chi connectivity index (χ4n) is 3.63. The van der Waals surface area contributed by atoms with E-state index in [0.717, 1.165) is 4.47 Å². The van der Waals surface area contributed by atoms with Gasteiger partial charge in [0.25, 0.3) is 5.56 Å². The summed E-state index contributed by atoms with van der Waals surface area (Å²) in [6, 6.07) is 7.21. The quantitative estimate of drug-likeness (QED) is 0.463. The molecule has 2 aromatic heterocycles. The molecule has 4 rings (SSSR count). The molecule has 1 N–H and O–H groups in total. The Morgan fingerprint density at radius 1 is 1.21 bits per heavy atom. The number of esters is 2. The van der Waals surface area contributed by atoms with Gasteiger partial charge in [-0.15, -0.1) is 5.10 Å². The van der Waals surface area contributed by atoms with Crippen molar-refractivity contribution in [1.29, 1.82) is 0 Å². The summed E-state index contributed by atoms with van der Waals surface area (Å²) >= 11 is 3.37. The van der Waals surface area contributed by atoms with E-state index in [-0.39, 0.29) is 18.6 Å². The number of rotatable bonds is 6. The molecule has 0 aliphatic carbocycles. The molecule has 3 atom stereocenters. The van der Waals surface area contributed by atoms with Crippen molar-refractivity contribution in [3.63, 3.8) is 0 Å². The Balaban J connectivity index is 1.69. The molecule has 34 heavy (non-hydrogen) atoms. The van der Waals surface area contributed by atoms with Crippen LogP contribution < -0.4 is 11.2 Å². The van der Waals surface area contributed by atoms with Crippen LogP contribution >= 0.6 is 15.9 Å². The lowest BCUT2D eigenvalue weighted by molar-refractivity contribution is -0.155. The van der Waals surface area contributed by atoms with Crippen LogP contribution in [0.3, 0.4) is 0 Å². The fraction of sp³-hybridized carbons (Fsp3) is 0.333. The minimum atomic E-state index is -0.884. The van der Waals surface area contributed by atoms with Crippen molar-refractivity contribution in [3.05, 3.63) is 62.0 Å². The van der Waals surface area contributed by atoms with Gasteiger partial charge in [-0.1, -0.05) is 21.1 Å². The van der Waals surface area contributed by atoms with E-state index in [2.05, 4.69) is 31.2 Å². The number of carbonyl (C=O) groups excluding carboxylic acids is 2. The standard InChI is InChI=1S/C21H20BrN5O7/c1-11(28)32-10-18-17(33-12(2)29)7-19(34-18)26-9-15(20(30)24-21(26)31)16-8-23-25-27(16)14-5-3-13(22)4-6-14/h3-6,8-9,17-19H,7,10H2,1-2H3,(H,24,30,31)/t17-,18+,19+/m0/s1. The summed E-state index contributed by atoms with van der Waals surface area (Å²) in [6.07, 6.45) is 0.446. The Labute approximate surface area is 200 Å². The maximum atomic E-state index is 12.7. The highest BCUT2D eigenvalue weighted by Crippen LogP contribution is 2.31. The first-order valence-corrected chi connectivity index (χ1v) is 11.0. The van der Waals surface area contributed by atoms with Gasteiger partial charge in [-0.2, -0.15) is 0 Å². The first-order valence-electron chi connectivity index (χ1n) is 10.2. The molecule has 13 heteroatoms. The minimum Gasteiger partial charge on any atom is -0.463 e. The van der Waals surface area contributed by atoms with Gasteiger partial charge in [0.05, 0.1) is 17.4 Å². The van der Waals surface area contributed by atoms with E-state index in [1.165, 1.54) is 35.5 Å². The van der Waals surface area contributed by atoms with E-state index in [0.29, 0.717) is 11.4 Å². The van der Waals surface area contributed by atoms with Crippen molar-refractivity contribution in [1.82, 2.24) is 24.5 Å². The molecule has 1 fully saturated rings. The molecule has 1 aliphatic heterocycles. The smallest absolute Gasteiger partial charge is 0.330 e. The summed E-state index contributed by atoms with van der Waals surface area (Å²) < 4.78 is 19.7. The minimum absolute atomic E-state index is 0.112. The number of hydrogen-bond donors (Lipinski definition) is 1. The van der Waals surface area contributed by atoms with Crippen molar-refractivity contribution < 1.29 is 23.8 Å². The van der Waals surface area contributed by atoms with Crippen molar-refractivity contribution >= 4 is 27.9 Å². The predicted octanol–water partition coefficient (Wildman–Crippen LogP) is 1.33. The number of carbonyl (C=O) groups is 2. The lowest BCUT2D eigenvalue weighted by Gasteiger charge is -2.17. The average Bonchev–Trinajstić information content (AvgIpc) is 3.40. The van der Waals surface area contributed by atoms with Gasteiger partial charge in [0.15, 0.2) is 0 Å². The van der Waals surface area contributed by atoms with E-state index < -0.39 is 41.6 Å². The number of benzene rings is 1. The highest BCUT2D eigenvalue weighted by atomic mass is 79.9. The molecule has 1 saturated heterocycles. The molecule has 178 valence electrons. The van der Waals surface area contributed by atoms with Gasteiger partial charge in [-0.3, -0.25) is 23.9 Å². The van der Waals surface area contributed by atoms with Crippen LogP contribution in [0.1, 0.15) is 26.5 Å². The molecule has 0 unspecified atom stereocenters. The van der Waals surface area contributed by atoms with E-state index in [9.17, 15) is 19.2 Å². The first kappa shape index (κ1) is 23.6. The zero-order valence-electron chi connectivity index (χ0n) is 18.1. The molecule has 12 nitrogen and oxygen atoms in total. The summed E-state index contributed by atoms with van der Waals surface area (Å²) in [6.45, 7) is 2.33. The summed E-state index contributed by atoms with van der Waals surface area (Å²) in [7, 11) is 0. The SMILES string of the molecule is CC(=O)OC[C@H]1O[C@@H](n2cc(-c3cnnn3-c3ccc(Br)cc3)c(=O)[nH]c2=O)C[C@@H]1OC(C)=O. The van der Waals surface area contributed by atoms with Gasteiger partial charge in [0.1, 0.15) is 30.7 Å². The number of aromatic amines is 1. The van der Waals surface area contributed by atoms with Gasteiger partial charge in [0.2, 0.25) is 0 Å². The zero-order valence-corrected chi connectivity index (χ0v) is 19.7. The van der Waals surface area contributed by atoms with Crippen molar-refractivity contribution in [3.8, 4) is 16.9 Å². The maximum absolute atomic E-state index is 12.7. The third-order valence-corrected chi connectivity index (χ3v) is 5.65. The van der Waals surface area contributed by atoms with Gasteiger partial charge in [0, 0.05) is 30.9 Å². The van der Waals surface area contributed by atoms with Crippen LogP contribution in [0.25, 0.3) is 16.9 Å². The van der Waals surface area contributed by atoms with Crippen molar-refractivity contribution in [2.45, 2.75) is 38.7 Å². The molecule has 0 spiro atoms. The summed E-state index contributed by atoms with van der Waals surface area (Å²) in [5.74, 6) is -1.06. The van der Waals surface area contributed by atoms with E-state index in [1.807, 2.05) is 12.1 Å². The van der Waals surface area contributed by atoms with Crippen LogP contribution in [0.5, 0.6) is 0 Å². The van der Waals surface area contributed by atoms with Crippen LogP contribution in [0.4, 0.5) is 0 Å². The number of hydrogen-bond acceptors (Lipinski definition) is 9. The summed E-state index contributed by atoms with van der Waals surface area (Å²) in [5, 5.41) is 7.96. The third-order valence-electron chi connectivity index (χ3n) is 5.12. The van der Waals surface area contributed by atoms with Crippen molar-refractivity contribution in [2.75, 3.05) is 6.61 Å². The molecule has 0 saturated carbocycles. The monoisotopic (exact) mass is 533 g/mol.